The molecule has 1 saturated heterocycles. The Morgan fingerprint density at radius 3 is 2.53 bits per heavy atom. The first-order valence-electron chi connectivity index (χ1n) is 10.4. The smallest absolute Gasteiger partial charge is 0.280 e. The minimum atomic E-state index is -1.02. The van der Waals surface area contributed by atoms with Crippen LogP contribution in [0.25, 0.3) is 10.2 Å². The van der Waals surface area contributed by atoms with Gasteiger partial charge in [0.05, 0.1) is 10.2 Å². The van der Waals surface area contributed by atoms with Crippen LogP contribution in [0, 0.1) is 11.2 Å². The van der Waals surface area contributed by atoms with E-state index in [2.05, 4.69) is 20.9 Å². The highest BCUT2D eigenvalue weighted by Crippen LogP contribution is 2.31. The molecule has 1 atom stereocenters. The molecule has 0 bridgehead atoms. The molecule has 3 N–H and O–H groups in total. The number of hydrogen-bond donors (Lipinski definition) is 3. The minimum absolute atomic E-state index is 0.228. The summed E-state index contributed by atoms with van der Waals surface area (Å²) in [5.74, 6) is -1.26. The number of aromatic nitrogens is 1. The number of hydrogen-bond acceptors (Lipinski definition) is 5. The number of thiazole rings is 1. The maximum Gasteiger partial charge on any atom is 0.280 e. The normalized spacial score (nSPS) is 17.9. The number of rotatable bonds is 7. The van der Waals surface area contributed by atoms with Crippen LogP contribution in [-0.4, -0.2) is 29.3 Å². The van der Waals surface area contributed by atoms with Crippen molar-refractivity contribution >= 4 is 39.3 Å². The van der Waals surface area contributed by atoms with Crippen molar-refractivity contribution in [2.75, 3.05) is 6.54 Å². The van der Waals surface area contributed by atoms with Gasteiger partial charge < -0.3 is 16.0 Å². The van der Waals surface area contributed by atoms with Crippen molar-refractivity contribution in [1.29, 1.82) is 0 Å². The van der Waals surface area contributed by atoms with E-state index in [1.807, 2.05) is 31.2 Å². The Labute approximate surface area is 188 Å². The fourth-order valence-electron chi connectivity index (χ4n) is 3.88. The van der Waals surface area contributed by atoms with E-state index < -0.39 is 11.2 Å². The number of halogens is 1. The second-order valence-corrected chi connectivity index (χ2v) is 8.74. The summed E-state index contributed by atoms with van der Waals surface area (Å²) in [5.41, 5.74) is 1.12. The van der Waals surface area contributed by atoms with E-state index in [9.17, 15) is 18.8 Å². The third-order valence-electron chi connectivity index (χ3n) is 5.85. The summed E-state index contributed by atoms with van der Waals surface area (Å²) in [5, 5.41) is 8.72. The van der Waals surface area contributed by atoms with E-state index in [-0.39, 0.29) is 35.8 Å². The fraction of sp³-hybridized carbons (Fsp3) is 0.304. The lowest BCUT2D eigenvalue weighted by Crippen LogP contribution is -2.45. The van der Waals surface area contributed by atoms with E-state index in [0.29, 0.717) is 24.9 Å². The molecule has 1 unspecified atom stereocenters. The SMILES string of the molecule is CCC1(C(=O)NCc2ccccc2CNC(=O)c2nc3cc(F)ccc3s2)CCNC1=O. The quantitative estimate of drug-likeness (QED) is 0.478. The molecule has 4 rings (SSSR count). The van der Waals surface area contributed by atoms with E-state index in [1.54, 1.807) is 6.07 Å². The highest BCUT2D eigenvalue weighted by Gasteiger charge is 2.47. The molecule has 2 heterocycles. The molecule has 1 aromatic heterocycles. The number of fused-ring (bicyclic) bond motifs is 1. The van der Waals surface area contributed by atoms with Gasteiger partial charge in [-0.15, -0.1) is 11.3 Å². The van der Waals surface area contributed by atoms with Gasteiger partial charge in [-0.2, -0.15) is 0 Å². The Morgan fingerprint density at radius 2 is 1.88 bits per heavy atom. The topological polar surface area (TPSA) is 100 Å². The lowest BCUT2D eigenvalue weighted by Gasteiger charge is -2.23. The van der Waals surface area contributed by atoms with Gasteiger partial charge in [0.25, 0.3) is 5.91 Å². The van der Waals surface area contributed by atoms with Crippen LogP contribution in [-0.2, 0) is 22.7 Å². The molecule has 7 nitrogen and oxygen atoms in total. The minimum Gasteiger partial charge on any atom is -0.355 e. The third kappa shape index (κ3) is 4.20. The van der Waals surface area contributed by atoms with E-state index in [0.717, 1.165) is 15.8 Å². The maximum atomic E-state index is 13.4. The molecular formula is C23H23FN4O3S. The average molecular weight is 455 g/mol. The Morgan fingerprint density at radius 1 is 1.16 bits per heavy atom. The van der Waals surface area contributed by atoms with Crippen molar-refractivity contribution in [1.82, 2.24) is 20.9 Å². The second kappa shape index (κ2) is 9.04. The molecule has 3 aromatic rings. The molecule has 0 saturated carbocycles. The zero-order valence-corrected chi connectivity index (χ0v) is 18.4. The summed E-state index contributed by atoms with van der Waals surface area (Å²) in [6.45, 7) is 2.83. The van der Waals surface area contributed by atoms with Gasteiger partial charge in [-0.1, -0.05) is 31.2 Å². The first kappa shape index (κ1) is 21.9. The highest BCUT2D eigenvalue weighted by molar-refractivity contribution is 7.20. The van der Waals surface area contributed by atoms with Gasteiger partial charge in [0.15, 0.2) is 5.01 Å². The van der Waals surface area contributed by atoms with Crippen LogP contribution in [0.3, 0.4) is 0 Å². The van der Waals surface area contributed by atoms with E-state index in [4.69, 9.17) is 0 Å². The lowest BCUT2D eigenvalue weighted by atomic mass is 9.82. The predicted molar refractivity (Wildman–Crippen MR) is 119 cm³/mol. The van der Waals surface area contributed by atoms with Gasteiger partial charge >= 0.3 is 0 Å². The molecule has 2 aromatic carbocycles. The van der Waals surface area contributed by atoms with Crippen LogP contribution in [0.15, 0.2) is 42.5 Å². The van der Waals surface area contributed by atoms with E-state index >= 15 is 0 Å². The zero-order valence-electron chi connectivity index (χ0n) is 17.5. The molecule has 1 aliphatic heterocycles. The highest BCUT2D eigenvalue weighted by atomic mass is 32.1. The van der Waals surface area contributed by atoms with Crippen LogP contribution in [0.2, 0.25) is 0 Å². The number of carbonyl (C=O) groups excluding carboxylic acids is 3. The molecule has 9 heteroatoms. The molecule has 1 aliphatic rings. The second-order valence-electron chi connectivity index (χ2n) is 7.71. The lowest BCUT2D eigenvalue weighted by molar-refractivity contribution is -0.141. The molecule has 0 aliphatic carbocycles. The Kier molecular flexibility index (Phi) is 6.18. The van der Waals surface area contributed by atoms with Crippen molar-refractivity contribution < 1.29 is 18.8 Å². The third-order valence-corrected chi connectivity index (χ3v) is 6.89. The van der Waals surface area contributed by atoms with Gasteiger partial charge in [-0.05, 0) is 36.1 Å². The molecule has 166 valence electrons. The van der Waals surface area contributed by atoms with Crippen LogP contribution in [0.1, 0.15) is 40.7 Å². The Balaban J connectivity index is 1.41. The first-order chi connectivity index (χ1) is 15.4. The van der Waals surface area contributed by atoms with Crippen LogP contribution >= 0.6 is 11.3 Å². The standard InChI is InChI=1S/C23H23FN4O3S/c1-2-23(9-10-25-21(23)30)22(31)27-13-15-6-4-3-5-14(15)12-26-19(29)20-28-17-11-16(24)7-8-18(17)32-20/h3-8,11H,2,9-10,12-13H2,1H3,(H,25,30)(H,26,29)(H,27,31). The number of benzene rings is 2. The van der Waals surface area contributed by atoms with Gasteiger partial charge in [0.2, 0.25) is 11.8 Å². The van der Waals surface area contributed by atoms with Crippen molar-refractivity contribution in [3.63, 3.8) is 0 Å². The van der Waals surface area contributed by atoms with Gasteiger partial charge in [0.1, 0.15) is 11.2 Å². The number of amides is 3. The summed E-state index contributed by atoms with van der Waals surface area (Å²) >= 11 is 1.20. The summed E-state index contributed by atoms with van der Waals surface area (Å²) in [6, 6.07) is 11.7. The monoisotopic (exact) mass is 454 g/mol. The summed E-state index contributed by atoms with van der Waals surface area (Å²) in [6.07, 6.45) is 0.923. The predicted octanol–water partition coefficient (Wildman–Crippen LogP) is 2.90. The van der Waals surface area contributed by atoms with Gasteiger partial charge in [-0.3, -0.25) is 14.4 Å². The average Bonchev–Trinajstić information content (AvgIpc) is 3.39. The summed E-state index contributed by atoms with van der Waals surface area (Å²) in [7, 11) is 0. The number of carbonyl (C=O) groups is 3. The van der Waals surface area contributed by atoms with Crippen LogP contribution in [0.4, 0.5) is 4.39 Å². The van der Waals surface area contributed by atoms with Gasteiger partial charge in [-0.25, -0.2) is 9.37 Å². The van der Waals surface area contributed by atoms with Crippen LogP contribution in [0.5, 0.6) is 0 Å². The number of nitrogens with one attached hydrogen (secondary N) is 3. The molecular weight excluding hydrogens is 431 g/mol. The van der Waals surface area contributed by atoms with Crippen molar-refractivity contribution in [2.24, 2.45) is 5.41 Å². The van der Waals surface area contributed by atoms with E-state index in [1.165, 1.54) is 23.5 Å². The van der Waals surface area contributed by atoms with Gasteiger partial charge in [0, 0.05) is 25.7 Å². The maximum absolute atomic E-state index is 13.4. The summed E-state index contributed by atoms with van der Waals surface area (Å²) < 4.78 is 14.1. The molecule has 3 amide bonds. The largest absolute Gasteiger partial charge is 0.355 e. The fourth-order valence-corrected chi connectivity index (χ4v) is 4.74. The van der Waals surface area contributed by atoms with Crippen molar-refractivity contribution in [2.45, 2.75) is 32.9 Å². The molecule has 32 heavy (non-hydrogen) atoms. The molecule has 0 spiro atoms. The Hall–Kier alpha value is -3.33. The first-order valence-corrected chi connectivity index (χ1v) is 11.2. The van der Waals surface area contributed by atoms with Crippen molar-refractivity contribution in [3.8, 4) is 0 Å². The Bertz CT molecular complexity index is 1190. The van der Waals surface area contributed by atoms with Crippen molar-refractivity contribution in [3.05, 3.63) is 64.4 Å². The molecule has 1 fully saturated rings. The van der Waals surface area contributed by atoms with Crippen LogP contribution < -0.4 is 16.0 Å². The molecule has 0 radical (unpaired) electrons. The number of nitrogens with zero attached hydrogens (tertiary/aromatic N) is 1. The summed E-state index contributed by atoms with van der Waals surface area (Å²) in [4.78, 5) is 41.8. The zero-order chi connectivity index (χ0) is 22.7.